The van der Waals surface area contributed by atoms with E-state index in [9.17, 15) is 4.39 Å². The smallest absolute Gasteiger partial charge is 0.124 e. The third-order valence-corrected chi connectivity index (χ3v) is 3.81. The number of hydrogen-bond acceptors (Lipinski definition) is 2. The third-order valence-electron chi connectivity index (χ3n) is 3.46. The molecule has 0 amide bonds. The molecule has 2 nitrogen and oxygen atoms in total. The number of halogens is 2. The molecule has 0 radical (unpaired) electrons. The molecule has 1 aromatic carbocycles. The van der Waals surface area contributed by atoms with Gasteiger partial charge in [0.25, 0.3) is 0 Å². The Bertz CT molecular complexity index is 423. The summed E-state index contributed by atoms with van der Waals surface area (Å²) >= 11 is 6.11. The molecule has 0 aromatic heterocycles. The van der Waals surface area contributed by atoms with E-state index in [0.717, 1.165) is 31.4 Å². The molecule has 20 heavy (non-hydrogen) atoms. The highest BCUT2D eigenvalue weighted by molar-refractivity contribution is 6.31. The van der Waals surface area contributed by atoms with Gasteiger partial charge in [-0.25, -0.2) is 4.39 Å². The van der Waals surface area contributed by atoms with Crippen LogP contribution in [-0.2, 0) is 11.2 Å². The van der Waals surface area contributed by atoms with Crippen LogP contribution in [0.4, 0.5) is 4.39 Å². The van der Waals surface area contributed by atoms with E-state index in [2.05, 4.69) is 26.1 Å². The van der Waals surface area contributed by atoms with Gasteiger partial charge in [0.15, 0.2) is 0 Å². The lowest BCUT2D eigenvalue weighted by atomic mass is 9.94. The van der Waals surface area contributed by atoms with E-state index in [-0.39, 0.29) is 17.5 Å². The molecule has 0 saturated carbocycles. The highest BCUT2D eigenvalue weighted by atomic mass is 35.5. The predicted octanol–water partition coefficient (Wildman–Crippen LogP) is 4.20. The highest BCUT2D eigenvalue weighted by Crippen LogP contribution is 2.23. The van der Waals surface area contributed by atoms with Crippen LogP contribution in [0.5, 0.6) is 0 Å². The van der Waals surface area contributed by atoms with E-state index < -0.39 is 0 Å². The number of benzene rings is 1. The highest BCUT2D eigenvalue weighted by Gasteiger charge is 2.23. The van der Waals surface area contributed by atoms with Crippen molar-refractivity contribution in [2.45, 2.75) is 51.7 Å². The minimum absolute atomic E-state index is 0.197. The Balaban J connectivity index is 2.77. The van der Waals surface area contributed by atoms with Crippen molar-refractivity contribution in [3.8, 4) is 0 Å². The summed E-state index contributed by atoms with van der Waals surface area (Å²) < 4.78 is 18.6. The van der Waals surface area contributed by atoms with Gasteiger partial charge in [0.1, 0.15) is 5.82 Å². The molecule has 0 fully saturated rings. The Labute approximate surface area is 126 Å². The SMILES string of the molecule is CCCNC(Cc1ccc(F)cc1Cl)CC(C)(C)OC. The molecule has 1 aromatic rings. The Morgan fingerprint density at radius 1 is 1.40 bits per heavy atom. The van der Waals surface area contributed by atoms with Crippen LogP contribution in [-0.4, -0.2) is 25.3 Å². The van der Waals surface area contributed by atoms with Crippen molar-refractivity contribution in [1.82, 2.24) is 5.32 Å². The number of hydrogen-bond donors (Lipinski definition) is 1. The molecule has 1 atom stereocenters. The largest absolute Gasteiger partial charge is 0.379 e. The Hall–Kier alpha value is -0.640. The van der Waals surface area contributed by atoms with Crippen LogP contribution in [0.25, 0.3) is 0 Å². The molecule has 1 N–H and O–H groups in total. The second-order valence-corrected chi connectivity index (χ2v) is 6.17. The molecular weight excluding hydrogens is 277 g/mol. The lowest BCUT2D eigenvalue weighted by Crippen LogP contribution is -2.39. The third kappa shape index (κ3) is 5.78. The van der Waals surface area contributed by atoms with Crippen LogP contribution in [0.15, 0.2) is 18.2 Å². The number of rotatable bonds is 8. The molecule has 0 saturated heterocycles. The van der Waals surface area contributed by atoms with Crippen molar-refractivity contribution in [3.05, 3.63) is 34.6 Å². The van der Waals surface area contributed by atoms with E-state index >= 15 is 0 Å². The minimum atomic E-state index is -0.297. The van der Waals surface area contributed by atoms with Gasteiger partial charge in [-0.3, -0.25) is 0 Å². The molecule has 0 aliphatic heterocycles. The molecular formula is C16H25ClFNO. The predicted molar refractivity (Wildman–Crippen MR) is 82.9 cm³/mol. The summed E-state index contributed by atoms with van der Waals surface area (Å²) in [6, 6.07) is 4.85. The van der Waals surface area contributed by atoms with Crippen LogP contribution in [0.3, 0.4) is 0 Å². The first-order chi connectivity index (χ1) is 9.38. The Morgan fingerprint density at radius 3 is 2.65 bits per heavy atom. The summed E-state index contributed by atoms with van der Waals surface area (Å²) in [7, 11) is 1.72. The maximum Gasteiger partial charge on any atom is 0.124 e. The average Bonchev–Trinajstić information content (AvgIpc) is 2.39. The molecule has 114 valence electrons. The fraction of sp³-hybridized carbons (Fsp3) is 0.625. The molecule has 0 spiro atoms. The summed E-state index contributed by atoms with van der Waals surface area (Å²) in [6.07, 6.45) is 2.71. The standard InChI is InChI=1S/C16H25ClFNO/c1-5-8-19-14(11-16(2,3)20-4)9-12-6-7-13(18)10-15(12)17/h6-7,10,14,19H,5,8-9,11H2,1-4H3. The van der Waals surface area contributed by atoms with Crippen LogP contribution in [0, 0.1) is 5.82 Å². The molecule has 1 rings (SSSR count). The summed E-state index contributed by atoms with van der Waals surface area (Å²) in [5.74, 6) is -0.297. The van der Waals surface area contributed by atoms with Crippen molar-refractivity contribution in [2.75, 3.05) is 13.7 Å². The van der Waals surface area contributed by atoms with Gasteiger partial charge in [-0.1, -0.05) is 24.6 Å². The monoisotopic (exact) mass is 301 g/mol. The molecule has 0 aliphatic rings. The maximum atomic E-state index is 13.1. The first-order valence-electron chi connectivity index (χ1n) is 7.10. The van der Waals surface area contributed by atoms with E-state index in [1.807, 2.05) is 0 Å². The van der Waals surface area contributed by atoms with Crippen LogP contribution >= 0.6 is 11.6 Å². The van der Waals surface area contributed by atoms with Gasteiger partial charge in [-0.15, -0.1) is 0 Å². The van der Waals surface area contributed by atoms with E-state index in [0.29, 0.717) is 5.02 Å². The zero-order valence-corrected chi connectivity index (χ0v) is 13.6. The van der Waals surface area contributed by atoms with Crippen LogP contribution in [0.1, 0.15) is 39.2 Å². The van der Waals surface area contributed by atoms with Crippen molar-refractivity contribution in [2.24, 2.45) is 0 Å². The lowest BCUT2D eigenvalue weighted by Gasteiger charge is -2.29. The van der Waals surface area contributed by atoms with Crippen LogP contribution < -0.4 is 5.32 Å². The average molecular weight is 302 g/mol. The van der Waals surface area contributed by atoms with E-state index in [1.54, 1.807) is 13.2 Å². The Morgan fingerprint density at radius 2 is 2.10 bits per heavy atom. The first kappa shape index (κ1) is 17.4. The van der Waals surface area contributed by atoms with Gasteiger partial charge < -0.3 is 10.1 Å². The summed E-state index contributed by atoms with van der Waals surface area (Å²) in [5, 5.41) is 4.01. The first-order valence-corrected chi connectivity index (χ1v) is 7.48. The van der Waals surface area contributed by atoms with Gasteiger partial charge >= 0.3 is 0 Å². The van der Waals surface area contributed by atoms with Gasteiger partial charge in [-0.2, -0.15) is 0 Å². The zero-order chi connectivity index (χ0) is 15.2. The molecule has 0 heterocycles. The van der Waals surface area contributed by atoms with Crippen molar-refractivity contribution < 1.29 is 9.13 Å². The molecule has 1 unspecified atom stereocenters. The fourth-order valence-corrected chi connectivity index (χ4v) is 2.44. The number of ether oxygens (including phenoxy) is 1. The van der Waals surface area contributed by atoms with E-state index in [4.69, 9.17) is 16.3 Å². The summed E-state index contributed by atoms with van der Waals surface area (Å²) in [4.78, 5) is 0. The maximum absolute atomic E-state index is 13.1. The van der Waals surface area contributed by atoms with E-state index in [1.165, 1.54) is 12.1 Å². The van der Waals surface area contributed by atoms with Crippen molar-refractivity contribution in [1.29, 1.82) is 0 Å². The molecule has 0 bridgehead atoms. The second-order valence-electron chi connectivity index (χ2n) is 5.76. The van der Waals surface area contributed by atoms with Gasteiger partial charge in [0.2, 0.25) is 0 Å². The number of nitrogens with one attached hydrogen (secondary N) is 1. The quantitative estimate of drug-likeness (QED) is 0.777. The zero-order valence-electron chi connectivity index (χ0n) is 12.8. The minimum Gasteiger partial charge on any atom is -0.379 e. The Kier molecular flexibility index (Phi) is 6.93. The van der Waals surface area contributed by atoms with Gasteiger partial charge in [0.05, 0.1) is 5.60 Å². The van der Waals surface area contributed by atoms with Gasteiger partial charge in [0, 0.05) is 18.2 Å². The second kappa shape index (κ2) is 7.96. The van der Waals surface area contributed by atoms with Crippen molar-refractivity contribution in [3.63, 3.8) is 0 Å². The fourth-order valence-electron chi connectivity index (χ4n) is 2.19. The topological polar surface area (TPSA) is 21.3 Å². The van der Waals surface area contributed by atoms with Crippen LogP contribution in [0.2, 0.25) is 5.02 Å². The summed E-state index contributed by atoms with van der Waals surface area (Å²) in [6.45, 7) is 7.22. The van der Waals surface area contributed by atoms with Gasteiger partial charge in [-0.05, 0) is 57.4 Å². The summed E-state index contributed by atoms with van der Waals surface area (Å²) in [5.41, 5.74) is 0.770. The normalized spacial score (nSPS) is 13.5. The molecule has 0 aliphatic carbocycles. The molecule has 4 heteroatoms. The number of methoxy groups -OCH3 is 1. The van der Waals surface area contributed by atoms with Crippen molar-refractivity contribution >= 4 is 11.6 Å². The lowest BCUT2D eigenvalue weighted by molar-refractivity contribution is 0.00714.